The number of benzene rings is 3. The molecule has 3 aromatic carbocycles. The van der Waals surface area contributed by atoms with Gasteiger partial charge in [0.2, 0.25) is 0 Å². The molecule has 0 saturated heterocycles. The third-order valence-electron chi connectivity index (χ3n) is 3.82. The Bertz CT molecular complexity index is 770. The maximum atomic E-state index is 6.29. The smallest absolute Gasteiger partial charge is 0.153 e. The van der Waals surface area contributed by atoms with E-state index < -0.39 is 0 Å². The van der Waals surface area contributed by atoms with Crippen molar-refractivity contribution in [1.29, 1.82) is 0 Å². The molecule has 0 saturated carbocycles. The quantitative estimate of drug-likeness (QED) is 0.648. The van der Waals surface area contributed by atoms with Crippen LogP contribution in [0, 0.1) is 0 Å². The highest BCUT2D eigenvalue weighted by atomic mass is 16.5. The number of para-hydroxylation sites is 1. The van der Waals surface area contributed by atoms with Crippen molar-refractivity contribution in [2.75, 3.05) is 14.2 Å². The zero-order chi connectivity index (χ0) is 16.8. The summed E-state index contributed by atoms with van der Waals surface area (Å²) in [6, 6.07) is 25.6. The lowest BCUT2D eigenvalue weighted by molar-refractivity contribution is 0.240. The van der Waals surface area contributed by atoms with E-state index in [-0.39, 0.29) is 6.10 Å². The first-order chi connectivity index (χ1) is 11.8. The molecule has 0 aromatic heterocycles. The Kier molecular flexibility index (Phi) is 5.02. The van der Waals surface area contributed by atoms with Crippen molar-refractivity contribution in [3.05, 3.63) is 90.0 Å². The van der Waals surface area contributed by atoms with Gasteiger partial charge in [-0.05, 0) is 35.9 Å². The minimum Gasteiger partial charge on any atom is -0.497 e. The molecule has 3 rings (SSSR count). The van der Waals surface area contributed by atoms with Crippen molar-refractivity contribution < 1.29 is 14.2 Å². The van der Waals surface area contributed by atoms with E-state index in [1.54, 1.807) is 14.2 Å². The van der Waals surface area contributed by atoms with E-state index in [0.29, 0.717) is 0 Å². The van der Waals surface area contributed by atoms with Gasteiger partial charge in [0.25, 0.3) is 0 Å². The van der Waals surface area contributed by atoms with Gasteiger partial charge in [0.1, 0.15) is 17.2 Å². The molecule has 3 aromatic rings. The average molecular weight is 320 g/mol. The monoisotopic (exact) mass is 320 g/mol. The number of ether oxygens (including phenoxy) is 3. The fraction of sp³-hybridized carbons (Fsp3) is 0.143. The summed E-state index contributed by atoms with van der Waals surface area (Å²) in [6.45, 7) is 0. The van der Waals surface area contributed by atoms with E-state index in [9.17, 15) is 0 Å². The van der Waals surface area contributed by atoms with Crippen LogP contribution >= 0.6 is 0 Å². The second kappa shape index (κ2) is 7.55. The second-order valence-corrected chi connectivity index (χ2v) is 5.33. The van der Waals surface area contributed by atoms with Crippen LogP contribution in [0.3, 0.4) is 0 Å². The van der Waals surface area contributed by atoms with Gasteiger partial charge in [-0.25, -0.2) is 0 Å². The van der Waals surface area contributed by atoms with E-state index in [1.807, 2.05) is 78.9 Å². The molecular formula is C21H20O3. The molecule has 0 fully saturated rings. The molecule has 0 aliphatic heterocycles. The second-order valence-electron chi connectivity index (χ2n) is 5.33. The molecule has 0 bridgehead atoms. The van der Waals surface area contributed by atoms with Crippen LogP contribution in [0.4, 0.5) is 0 Å². The fourth-order valence-electron chi connectivity index (χ4n) is 2.62. The van der Waals surface area contributed by atoms with E-state index >= 15 is 0 Å². The Morgan fingerprint density at radius 1 is 0.667 bits per heavy atom. The van der Waals surface area contributed by atoms with E-state index in [2.05, 4.69) is 0 Å². The van der Waals surface area contributed by atoms with Crippen molar-refractivity contribution in [2.45, 2.75) is 6.10 Å². The van der Waals surface area contributed by atoms with Crippen LogP contribution in [0.2, 0.25) is 0 Å². The molecular weight excluding hydrogens is 300 g/mol. The number of rotatable bonds is 6. The zero-order valence-electron chi connectivity index (χ0n) is 13.8. The Morgan fingerprint density at radius 2 is 1.33 bits per heavy atom. The lowest BCUT2D eigenvalue weighted by Gasteiger charge is -2.22. The third kappa shape index (κ3) is 3.51. The van der Waals surface area contributed by atoms with Gasteiger partial charge in [0.05, 0.1) is 14.2 Å². The highest BCUT2D eigenvalue weighted by Crippen LogP contribution is 2.36. The summed E-state index contributed by atoms with van der Waals surface area (Å²) in [5.74, 6) is 2.33. The molecule has 24 heavy (non-hydrogen) atoms. The summed E-state index contributed by atoms with van der Waals surface area (Å²) in [5, 5.41) is 0. The predicted octanol–water partition coefficient (Wildman–Crippen LogP) is 4.87. The molecule has 0 heterocycles. The topological polar surface area (TPSA) is 27.7 Å². The lowest BCUT2D eigenvalue weighted by atomic mass is 10.00. The lowest BCUT2D eigenvalue weighted by Crippen LogP contribution is -2.11. The van der Waals surface area contributed by atoms with E-state index in [1.165, 1.54) is 0 Å². The third-order valence-corrected chi connectivity index (χ3v) is 3.82. The fourth-order valence-corrected chi connectivity index (χ4v) is 2.62. The van der Waals surface area contributed by atoms with Gasteiger partial charge in [-0.2, -0.15) is 0 Å². The van der Waals surface area contributed by atoms with Gasteiger partial charge in [0.15, 0.2) is 6.10 Å². The van der Waals surface area contributed by atoms with Crippen molar-refractivity contribution in [3.8, 4) is 17.2 Å². The molecule has 0 spiro atoms. The molecule has 1 unspecified atom stereocenters. The Hall–Kier alpha value is -2.94. The summed E-state index contributed by atoms with van der Waals surface area (Å²) < 4.78 is 17.2. The maximum Gasteiger partial charge on any atom is 0.153 e. The highest BCUT2D eigenvalue weighted by molar-refractivity contribution is 5.46. The normalized spacial score (nSPS) is 11.6. The van der Waals surface area contributed by atoms with Crippen LogP contribution < -0.4 is 14.2 Å². The minimum atomic E-state index is -0.293. The van der Waals surface area contributed by atoms with Crippen LogP contribution in [0.15, 0.2) is 78.9 Å². The molecule has 0 aliphatic carbocycles. The molecule has 122 valence electrons. The molecule has 0 radical (unpaired) electrons. The average Bonchev–Trinajstić information content (AvgIpc) is 2.67. The van der Waals surface area contributed by atoms with Crippen LogP contribution in [-0.4, -0.2) is 14.2 Å². The summed E-state index contributed by atoms with van der Waals surface area (Å²) in [4.78, 5) is 0. The minimum absolute atomic E-state index is 0.293. The summed E-state index contributed by atoms with van der Waals surface area (Å²) in [7, 11) is 3.32. The Labute approximate surface area is 142 Å². The van der Waals surface area contributed by atoms with Gasteiger partial charge >= 0.3 is 0 Å². The highest BCUT2D eigenvalue weighted by Gasteiger charge is 2.21. The molecule has 0 amide bonds. The Morgan fingerprint density at radius 3 is 1.96 bits per heavy atom. The molecule has 3 nitrogen and oxygen atoms in total. The summed E-state index contributed by atoms with van der Waals surface area (Å²) >= 11 is 0. The van der Waals surface area contributed by atoms with Gasteiger partial charge in [-0.15, -0.1) is 0 Å². The number of hydrogen-bond acceptors (Lipinski definition) is 3. The van der Waals surface area contributed by atoms with Crippen LogP contribution in [0.5, 0.6) is 17.2 Å². The molecule has 1 atom stereocenters. The molecule has 0 aliphatic rings. The standard InChI is InChI=1S/C21H20O3/c1-22-18-13-14-20(23-2)19(15-18)21(16-9-5-3-6-10-16)24-17-11-7-4-8-12-17/h3-15,21H,1-2H3. The van der Waals surface area contributed by atoms with Gasteiger partial charge in [0, 0.05) is 5.56 Å². The predicted molar refractivity (Wildman–Crippen MR) is 94.9 cm³/mol. The van der Waals surface area contributed by atoms with Gasteiger partial charge < -0.3 is 14.2 Å². The van der Waals surface area contributed by atoms with Crippen molar-refractivity contribution in [3.63, 3.8) is 0 Å². The number of hydrogen-bond donors (Lipinski definition) is 0. The summed E-state index contributed by atoms with van der Waals surface area (Å²) in [5.41, 5.74) is 1.97. The van der Waals surface area contributed by atoms with Crippen LogP contribution in [0.1, 0.15) is 17.2 Å². The zero-order valence-corrected chi connectivity index (χ0v) is 13.8. The number of methoxy groups -OCH3 is 2. The first kappa shape index (κ1) is 15.9. The molecule has 3 heteroatoms. The van der Waals surface area contributed by atoms with Crippen LogP contribution in [0.25, 0.3) is 0 Å². The van der Waals surface area contributed by atoms with Crippen molar-refractivity contribution in [1.82, 2.24) is 0 Å². The van der Waals surface area contributed by atoms with Crippen LogP contribution in [-0.2, 0) is 0 Å². The van der Waals surface area contributed by atoms with Gasteiger partial charge in [-0.1, -0.05) is 48.5 Å². The molecule has 0 N–H and O–H groups in total. The van der Waals surface area contributed by atoms with Crippen molar-refractivity contribution in [2.24, 2.45) is 0 Å². The first-order valence-corrected chi connectivity index (χ1v) is 7.80. The van der Waals surface area contributed by atoms with Crippen molar-refractivity contribution >= 4 is 0 Å². The summed E-state index contributed by atoms with van der Waals surface area (Å²) in [6.07, 6.45) is -0.293. The largest absolute Gasteiger partial charge is 0.497 e. The van der Waals surface area contributed by atoms with Gasteiger partial charge in [-0.3, -0.25) is 0 Å². The van der Waals surface area contributed by atoms with E-state index in [0.717, 1.165) is 28.4 Å². The SMILES string of the molecule is COc1ccc(OC)c(C(Oc2ccccc2)c2ccccc2)c1. The first-order valence-electron chi connectivity index (χ1n) is 7.80. The maximum absolute atomic E-state index is 6.29. The Balaban J connectivity index is 2.08. The van der Waals surface area contributed by atoms with E-state index in [4.69, 9.17) is 14.2 Å².